The van der Waals surface area contributed by atoms with Crippen LogP contribution in [0.5, 0.6) is 11.5 Å². The van der Waals surface area contributed by atoms with Crippen LogP contribution in [0.15, 0.2) is 48.5 Å². The normalized spacial score (nSPS) is 10.5. The van der Waals surface area contributed by atoms with Gasteiger partial charge in [-0.1, -0.05) is 24.3 Å². The van der Waals surface area contributed by atoms with Crippen molar-refractivity contribution in [3.05, 3.63) is 58.9 Å². The predicted octanol–water partition coefficient (Wildman–Crippen LogP) is 3.76. The third kappa shape index (κ3) is 3.83. The summed E-state index contributed by atoms with van der Waals surface area (Å²) in [5, 5.41) is 7.16. The van der Waals surface area contributed by atoms with Crippen molar-refractivity contribution in [3.8, 4) is 22.9 Å². The Hall–Kier alpha value is -2.80. The van der Waals surface area contributed by atoms with E-state index in [-0.39, 0.29) is 0 Å². The van der Waals surface area contributed by atoms with Gasteiger partial charge in [-0.25, -0.2) is 9.77 Å². The van der Waals surface area contributed by atoms with Gasteiger partial charge in [-0.3, -0.25) is 0 Å². The van der Waals surface area contributed by atoms with E-state index >= 15 is 0 Å². The Labute approximate surface area is 151 Å². The first-order valence-electron chi connectivity index (χ1n) is 7.99. The number of methoxy groups -OCH3 is 1. The van der Waals surface area contributed by atoms with Crippen molar-refractivity contribution in [1.82, 2.24) is 14.9 Å². The monoisotopic (exact) mass is 356 g/mol. The molecule has 0 saturated heterocycles. The molecular weight excluding hydrogens is 336 g/mol. The number of H-pyrrole nitrogens is 1. The van der Waals surface area contributed by atoms with Gasteiger partial charge in [0.15, 0.2) is 5.82 Å². The Bertz CT molecular complexity index is 904. The first kappa shape index (κ1) is 17.0. The number of hydrogen-bond donors (Lipinski definition) is 2. The van der Waals surface area contributed by atoms with Crippen molar-refractivity contribution < 1.29 is 9.47 Å². The van der Waals surface area contributed by atoms with E-state index in [4.69, 9.17) is 21.7 Å². The van der Waals surface area contributed by atoms with Crippen LogP contribution in [0, 0.1) is 4.77 Å². The highest BCUT2D eigenvalue weighted by Gasteiger charge is 2.13. The lowest BCUT2D eigenvalue weighted by molar-refractivity contribution is 0.340. The van der Waals surface area contributed by atoms with Crippen LogP contribution in [0.2, 0.25) is 0 Å². The first-order valence-corrected chi connectivity index (χ1v) is 8.40. The van der Waals surface area contributed by atoms with Gasteiger partial charge < -0.3 is 14.9 Å². The molecule has 0 bridgehead atoms. The summed E-state index contributed by atoms with van der Waals surface area (Å²) < 4.78 is 13.2. The molecular formula is C18H20N4O2S. The largest absolute Gasteiger partial charge is 0.496 e. The van der Waals surface area contributed by atoms with E-state index in [1.807, 2.05) is 55.5 Å². The summed E-state index contributed by atoms with van der Waals surface area (Å²) >= 11 is 5.35. The van der Waals surface area contributed by atoms with Crippen molar-refractivity contribution in [1.29, 1.82) is 0 Å². The van der Waals surface area contributed by atoms with Crippen LogP contribution in [0.25, 0.3) is 11.4 Å². The molecule has 0 aliphatic carbocycles. The van der Waals surface area contributed by atoms with Gasteiger partial charge in [0.05, 0.1) is 25.8 Å². The van der Waals surface area contributed by atoms with E-state index in [2.05, 4.69) is 15.6 Å². The number of nitrogens with one attached hydrogen (secondary N) is 2. The van der Waals surface area contributed by atoms with Gasteiger partial charge in [-0.2, -0.15) is 5.10 Å². The fraction of sp³-hybridized carbons (Fsp3) is 0.222. The Balaban J connectivity index is 1.85. The molecule has 25 heavy (non-hydrogen) atoms. The smallest absolute Gasteiger partial charge is 0.214 e. The van der Waals surface area contributed by atoms with Crippen molar-refractivity contribution in [2.75, 3.05) is 19.1 Å². The Morgan fingerprint density at radius 1 is 1.20 bits per heavy atom. The zero-order valence-corrected chi connectivity index (χ0v) is 15.0. The molecule has 2 N–H and O–H groups in total. The summed E-state index contributed by atoms with van der Waals surface area (Å²) in [5.74, 6) is 2.25. The Morgan fingerprint density at radius 3 is 2.84 bits per heavy atom. The van der Waals surface area contributed by atoms with Crippen LogP contribution < -0.4 is 14.9 Å². The van der Waals surface area contributed by atoms with Gasteiger partial charge in [0.1, 0.15) is 11.5 Å². The molecule has 1 heterocycles. The summed E-state index contributed by atoms with van der Waals surface area (Å²) in [6.07, 6.45) is 0. The quantitative estimate of drug-likeness (QED) is 0.631. The summed E-state index contributed by atoms with van der Waals surface area (Å²) in [6.45, 7) is 3.19. The molecule has 0 spiro atoms. The van der Waals surface area contributed by atoms with Crippen LogP contribution in [-0.2, 0) is 6.54 Å². The minimum Gasteiger partial charge on any atom is -0.496 e. The lowest BCUT2D eigenvalue weighted by atomic mass is 10.2. The number of aromatic amines is 1. The molecule has 0 radical (unpaired) electrons. The highest BCUT2D eigenvalue weighted by atomic mass is 32.1. The zero-order chi connectivity index (χ0) is 17.6. The van der Waals surface area contributed by atoms with Gasteiger partial charge in [0, 0.05) is 0 Å². The first-order chi connectivity index (χ1) is 12.2. The SMILES string of the molecule is CCOc1cccc(CNn2c(-c3ccccc3OC)n[nH]c2=S)c1. The topological polar surface area (TPSA) is 64.1 Å². The molecule has 0 fully saturated rings. The minimum atomic E-state index is 0.488. The Kier molecular flexibility index (Phi) is 5.35. The summed E-state index contributed by atoms with van der Waals surface area (Å²) in [4.78, 5) is 0. The van der Waals surface area contributed by atoms with E-state index in [1.165, 1.54) is 0 Å². The van der Waals surface area contributed by atoms with Crippen LogP contribution >= 0.6 is 12.2 Å². The fourth-order valence-electron chi connectivity index (χ4n) is 2.54. The molecule has 3 rings (SSSR count). The molecule has 0 amide bonds. The molecule has 0 atom stereocenters. The average Bonchev–Trinajstić information content (AvgIpc) is 3.01. The second kappa shape index (κ2) is 7.85. The van der Waals surface area contributed by atoms with Crippen LogP contribution in [0.4, 0.5) is 0 Å². The van der Waals surface area contributed by atoms with Gasteiger partial charge in [-0.05, 0) is 49.0 Å². The van der Waals surface area contributed by atoms with Crippen molar-refractivity contribution in [2.45, 2.75) is 13.5 Å². The maximum atomic E-state index is 5.54. The molecule has 1 aromatic heterocycles. The van der Waals surface area contributed by atoms with E-state index in [0.717, 1.165) is 22.6 Å². The van der Waals surface area contributed by atoms with Gasteiger partial charge in [0.2, 0.25) is 4.77 Å². The molecule has 0 aliphatic heterocycles. The number of para-hydroxylation sites is 1. The molecule has 0 aliphatic rings. The third-order valence-corrected chi connectivity index (χ3v) is 3.94. The maximum Gasteiger partial charge on any atom is 0.214 e. The average molecular weight is 356 g/mol. The molecule has 2 aromatic carbocycles. The number of rotatable bonds is 7. The summed E-state index contributed by atoms with van der Waals surface area (Å²) in [7, 11) is 1.64. The summed E-state index contributed by atoms with van der Waals surface area (Å²) in [6, 6.07) is 15.6. The second-order valence-electron chi connectivity index (χ2n) is 5.30. The predicted molar refractivity (Wildman–Crippen MR) is 100 cm³/mol. The molecule has 7 heteroatoms. The molecule has 0 unspecified atom stereocenters. The number of ether oxygens (including phenoxy) is 2. The molecule has 3 aromatic rings. The maximum absolute atomic E-state index is 5.54. The van der Waals surface area contributed by atoms with Gasteiger partial charge >= 0.3 is 0 Å². The second-order valence-corrected chi connectivity index (χ2v) is 5.69. The van der Waals surface area contributed by atoms with E-state index in [1.54, 1.807) is 11.8 Å². The third-order valence-electron chi connectivity index (χ3n) is 3.67. The minimum absolute atomic E-state index is 0.488. The van der Waals surface area contributed by atoms with Crippen LogP contribution in [0.3, 0.4) is 0 Å². The zero-order valence-electron chi connectivity index (χ0n) is 14.2. The highest BCUT2D eigenvalue weighted by molar-refractivity contribution is 7.71. The Morgan fingerprint density at radius 2 is 2.04 bits per heavy atom. The highest BCUT2D eigenvalue weighted by Crippen LogP contribution is 2.27. The van der Waals surface area contributed by atoms with E-state index < -0.39 is 0 Å². The van der Waals surface area contributed by atoms with Gasteiger partial charge in [0.25, 0.3) is 0 Å². The summed E-state index contributed by atoms with van der Waals surface area (Å²) in [5.41, 5.74) is 5.24. The molecule has 6 nitrogen and oxygen atoms in total. The number of hydrogen-bond acceptors (Lipinski definition) is 5. The number of benzene rings is 2. The van der Waals surface area contributed by atoms with Crippen molar-refractivity contribution in [2.24, 2.45) is 0 Å². The lowest BCUT2D eigenvalue weighted by Gasteiger charge is -2.13. The molecule has 130 valence electrons. The fourth-order valence-corrected chi connectivity index (χ4v) is 2.73. The standard InChI is InChI=1S/C18H20N4O2S/c1-3-24-14-8-6-7-13(11-14)12-19-22-17(20-21-18(22)25)15-9-4-5-10-16(15)23-2/h4-11,19H,3,12H2,1-2H3,(H,21,25). The van der Waals surface area contributed by atoms with Crippen molar-refractivity contribution in [3.63, 3.8) is 0 Å². The van der Waals surface area contributed by atoms with Gasteiger partial charge in [-0.15, -0.1) is 0 Å². The lowest BCUT2D eigenvalue weighted by Crippen LogP contribution is -2.16. The van der Waals surface area contributed by atoms with E-state index in [9.17, 15) is 0 Å². The number of nitrogens with zero attached hydrogens (tertiary/aromatic N) is 2. The van der Waals surface area contributed by atoms with Crippen molar-refractivity contribution >= 4 is 12.2 Å². The van der Waals surface area contributed by atoms with Crippen LogP contribution in [0.1, 0.15) is 12.5 Å². The molecule has 0 saturated carbocycles. The van der Waals surface area contributed by atoms with Crippen LogP contribution in [-0.4, -0.2) is 28.6 Å². The van der Waals surface area contributed by atoms with E-state index in [0.29, 0.717) is 23.7 Å². The number of aromatic nitrogens is 3.